The van der Waals surface area contributed by atoms with Crippen molar-refractivity contribution < 1.29 is 28.7 Å². The van der Waals surface area contributed by atoms with E-state index < -0.39 is 30.3 Å². The quantitative estimate of drug-likeness (QED) is 0.571. The highest BCUT2D eigenvalue weighted by Gasteiger charge is 2.25. The Morgan fingerprint density at radius 2 is 1.69 bits per heavy atom. The number of imide groups is 1. The first-order chi connectivity index (χ1) is 14.0. The number of carbonyl (C=O) groups excluding carboxylic acids is 4. The van der Waals surface area contributed by atoms with Gasteiger partial charge in [-0.3, -0.25) is 14.4 Å². The fraction of sp³-hybridized carbons (Fsp3) is 0.143. The van der Waals surface area contributed by atoms with Crippen LogP contribution < -0.4 is 15.0 Å². The van der Waals surface area contributed by atoms with Crippen molar-refractivity contribution in [1.82, 2.24) is 0 Å². The number of esters is 1. The molecule has 0 saturated heterocycles. The zero-order chi connectivity index (χ0) is 20.8. The lowest BCUT2D eigenvalue weighted by Crippen LogP contribution is -2.29. The van der Waals surface area contributed by atoms with Gasteiger partial charge in [-0.25, -0.2) is 9.69 Å². The molecule has 3 amide bonds. The minimum atomic E-state index is -0.749. The molecule has 0 unspecified atom stereocenters. The molecule has 148 valence electrons. The molecule has 0 aliphatic carbocycles. The van der Waals surface area contributed by atoms with Crippen molar-refractivity contribution in [3.63, 3.8) is 0 Å². The van der Waals surface area contributed by atoms with Gasteiger partial charge in [0.1, 0.15) is 5.75 Å². The number of amides is 3. The van der Waals surface area contributed by atoms with Crippen molar-refractivity contribution in [3.8, 4) is 5.75 Å². The van der Waals surface area contributed by atoms with Crippen molar-refractivity contribution >= 4 is 35.1 Å². The van der Waals surface area contributed by atoms with Gasteiger partial charge in [0.15, 0.2) is 6.61 Å². The molecule has 1 aliphatic rings. The molecule has 2 aromatic rings. The number of nitrogens with zero attached hydrogens (tertiary/aromatic N) is 1. The Labute approximate surface area is 166 Å². The van der Waals surface area contributed by atoms with Gasteiger partial charge in [-0.1, -0.05) is 6.07 Å². The smallest absolute Gasteiger partial charge is 0.338 e. The Bertz CT molecular complexity index is 963. The molecule has 1 N–H and O–H groups in total. The van der Waals surface area contributed by atoms with Crippen LogP contribution in [0.4, 0.5) is 11.4 Å². The van der Waals surface area contributed by atoms with Gasteiger partial charge in [-0.05, 0) is 49.4 Å². The van der Waals surface area contributed by atoms with Crippen molar-refractivity contribution in [2.75, 3.05) is 23.4 Å². The standard InChI is InChI=1S/C21H18N2O6/c1-2-28-17-8-6-15(7-9-17)22-18(24)13-29-21(27)14-4-3-5-16(12-14)23-19(25)10-11-20(23)26/h3-12H,2,13H2,1H3,(H,22,24). The number of rotatable bonds is 7. The lowest BCUT2D eigenvalue weighted by atomic mass is 10.2. The van der Waals surface area contributed by atoms with Gasteiger partial charge in [0.05, 0.1) is 17.9 Å². The van der Waals surface area contributed by atoms with Crippen molar-refractivity contribution in [3.05, 3.63) is 66.2 Å². The minimum Gasteiger partial charge on any atom is -0.494 e. The fourth-order valence-corrected chi connectivity index (χ4v) is 2.64. The Kier molecular flexibility index (Phi) is 6.03. The third-order valence-corrected chi connectivity index (χ3v) is 3.93. The summed E-state index contributed by atoms with van der Waals surface area (Å²) in [6.07, 6.45) is 2.30. The van der Waals surface area contributed by atoms with Crippen LogP contribution in [-0.2, 0) is 19.1 Å². The van der Waals surface area contributed by atoms with E-state index in [0.29, 0.717) is 18.0 Å². The molecule has 0 atom stereocenters. The van der Waals surface area contributed by atoms with Crippen LogP contribution in [0.1, 0.15) is 17.3 Å². The summed E-state index contributed by atoms with van der Waals surface area (Å²) in [5.41, 5.74) is 0.900. The lowest BCUT2D eigenvalue weighted by Gasteiger charge is -2.14. The van der Waals surface area contributed by atoms with Gasteiger partial charge in [-0.15, -0.1) is 0 Å². The van der Waals surface area contributed by atoms with E-state index in [0.717, 1.165) is 17.1 Å². The van der Waals surface area contributed by atoms with Crippen LogP contribution in [-0.4, -0.2) is 36.9 Å². The average Bonchev–Trinajstić information content (AvgIpc) is 3.06. The number of benzene rings is 2. The maximum atomic E-state index is 12.2. The van der Waals surface area contributed by atoms with Crippen LogP contribution in [0.15, 0.2) is 60.7 Å². The molecule has 0 fully saturated rings. The van der Waals surface area contributed by atoms with E-state index in [1.54, 1.807) is 24.3 Å². The van der Waals surface area contributed by atoms with Crippen LogP contribution in [0.3, 0.4) is 0 Å². The molecule has 1 heterocycles. The van der Waals surface area contributed by atoms with Crippen LogP contribution in [0.5, 0.6) is 5.75 Å². The molecule has 2 aromatic carbocycles. The predicted molar refractivity (Wildman–Crippen MR) is 105 cm³/mol. The highest BCUT2D eigenvalue weighted by atomic mass is 16.5. The van der Waals surface area contributed by atoms with E-state index >= 15 is 0 Å². The number of anilines is 2. The second-order valence-corrected chi connectivity index (χ2v) is 5.98. The first-order valence-corrected chi connectivity index (χ1v) is 8.84. The molecule has 29 heavy (non-hydrogen) atoms. The molecule has 0 radical (unpaired) electrons. The zero-order valence-electron chi connectivity index (χ0n) is 15.6. The second kappa shape index (κ2) is 8.83. The highest BCUT2D eigenvalue weighted by Crippen LogP contribution is 2.21. The summed E-state index contributed by atoms with van der Waals surface area (Å²) in [5.74, 6) is -1.55. The largest absolute Gasteiger partial charge is 0.494 e. The lowest BCUT2D eigenvalue weighted by molar-refractivity contribution is -0.120. The molecular formula is C21H18N2O6. The molecule has 8 heteroatoms. The number of ether oxygens (including phenoxy) is 2. The third kappa shape index (κ3) is 4.86. The Hall–Kier alpha value is -3.94. The maximum absolute atomic E-state index is 12.2. The SMILES string of the molecule is CCOc1ccc(NC(=O)COC(=O)c2cccc(N3C(=O)C=CC3=O)c2)cc1. The number of carbonyl (C=O) groups is 4. The van der Waals surface area contributed by atoms with Gasteiger partial charge in [0.2, 0.25) is 0 Å². The Balaban J connectivity index is 1.56. The number of hydrogen-bond acceptors (Lipinski definition) is 6. The first-order valence-electron chi connectivity index (χ1n) is 8.84. The molecular weight excluding hydrogens is 376 g/mol. The van der Waals surface area contributed by atoms with Crippen LogP contribution in [0, 0.1) is 0 Å². The van der Waals surface area contributed by atoms with Gasteiger partial charge >= 0.3 is 5.97 Å². The minimum absolute atomic E-state index is 0.115. The number of nitrogens with one attached hydrogen (secondary N) is 1. The second-order valence-electron chi connectivity index (χ2n) is 5.98. The zero-order valence-corrected chi connectivity index (χ0v) is 15.6. The molecule has 0 spiro atoms. The monoisotopic (exact) mass is 394 g/mol. The summed E-state index contributed by atoms with van der Waals surface area (Å²) in [6, 6.07) is 12.6. The van der Waals surface area contributed by atoms with Crippen molar-refractivity contribution in [2.24, 2.45) is 0 Å². The summed E-state index contributed by atoms with van der Waals surface area (Å²) in [4.78, 5) is 48.7. The van der Waals surface area contributed by atoms with Crippen molar-refractivity contribution in [1.29, 1.82) is 0 Å². The van der Waals surface area contributed by atoms with Gasteiger partial charge in [-0.2, -0.15) is 0 Å². The molecule has 3 rings (SSSR count). The molecule has 0 saturated carbocycles. The van der Waals surface area contributed by atoms with E-state index in [9.17, 15) is 19.2 Å². The Morgan fingerprint density at radius 3 is 2.34 bits per heavy atom. The normalized spacial score (nSPS) is 12.8. The van der Waals surface area contributed by atoms with E-state index in [1.807, 2.05) is 6.92 Å². The summed E-state index contributed by atoms with van der Waals surface area (Å²) < 4.78 is 10.3. The van der Waals surface area contributed by atoms with Crippen LogP contribution >= 0.6 is 0 Å². The third-order valence-electron chi connectivity index (χ3n) is 3.93. The van der Waals surface area contributed by atoms with E-state index in [4.69, 9.17) is 9.47 Å². The van der Waals surface area contributed by atoms with Crippen LogP contribution in [0.25, 0.3) is 0 Å². The first kappa shape index (κ1) is 19.8. The summed E-state index contributed by atoms with van der Waals surface area (Å²) >= 11 is 0. The fourth-order valence-electron chi connectivity index (χ4n) is 2.64. The van der Waals surface area contributed by atoms with Gasteiger partial charge in [0.25, 0.3) is 17.7 Å². The van der Waals surface area contributed by atoms with E-state index in [1.165, 1.54) is 24.3 Å². The predicted octanol–water partition coefficient (Wildman–Crippen LogP) is 2.31. The molecule has 0 bridgehead atoms. The topological polar surface area (TPSA) is 102 Å². The van der Waals surface area contributed by atoms with Gasteiger partial charge < -0.3 is 14.8 Å². The summed E-state index contributed by atoms with van der Waals surface area (Å²) in [5, 5.41) is 2.61. The highest BCUT2D eigenvalue weighted by molar-refractivity contribution is 6.28. The molecule has 8 nitrogen and oxygen atoms in total. The van der Waals surface area contributed by atoms with E-state index in [2.05, 4.69) is 5.32 Å². The summed E-state index contributed by atoms with van der Waals surface area (Å²) in [6.45, 7) is 1.93. The maximum Gasteiger partial charge on any atom is 0.338 e. The Morgan fingerprint density at radius 1 is 1.00 bits per heavy atom. The van der Waals surface area contributed by atoms with Gasteiger partial charge in [0, 0.05) is 17.8 Å². The molecule has 0 aromatic heterocycles. The average molecular weight is 394 g/mol. The number of hydrogen-bond donors (Lipinski definition) is 1. The molecule has 1 aliphatic heterocycles. The van der Waals surface area contributed by atoms with E-state index in [-0.39, 0.29) is 11.3 Å². The van der Waals surface area contributed by atoms with Crippen LogP contribution in [0.2, 0.25) is 0 Å². The summed E-state index contributed by atoms with van der Waals surface area (Å²) in [7, 11) is 0. The van der Waals surface area contributed by atoms with Crippen molar-refractivity contribution in [2.45, 2.75) is 6.92 Å².